The second kappa shape index (κ2) is 8.35. The summed E-state index contributed by atoms with van der Waals surface area (Å²) in [5.74, 6) is 0.158. The topological polar surface area (TPSA) is 96.9 Å². The van der Waals surface area contributed by atoms with Gasteiger partial charge in [-0.1, -0.05) is 0 Å². The van der Waals surface area contributed by atoms with Gasteiger partial charge in [0.15, 0.2) is 0 Å². The third-order valence-electron chi connectivity index (χ3n) is 2.56. The average Bonchev–Trinajstić information content (AvgIpc) is 2.45. The molecule has 0 saturated heterocycles. The normalized spacial score (nSPS) is 9.86. The number of carboxylic acid groups (broad SMARTS) is 1. The zero-order valence-corrected chi connectivity index (χ0v) is 13.3. The van der Waals surface area contributed by atoms with E-state index in [4.69, 9.17) is 14.6 Å². The molecular weight excluding hydrogens is 344 g/mol. The van der Waals surface area contributed by atoms with E-state index in [1.807, 2.05) is 0 Å². The van der Waals surface area contributed by atoms with Crippen LogP contribution in [-0.4, -0.2) is 37.9 Å². The van der Waals surface area contributed by atoms with Gasteiger partial charge in [0.05, 0.1) is 14.2 Å². The lowest BCUT2D eigenvalue weighted by Gasteiger charge is -2.12. The van der Waals surface area contributed by atoms with E-state index >= 15 is 0 Å². The number of aliphatic carboxylic acids is 1. The van der Waals surface area contributed by atoms with Gasteiger partial charge in [-0.25, -0.2) is 4.79 Å². The first-order valence-electron chi connectivity index (χ1n) is 6.16. The van der Waals surface area contributed by atoms with Crippen molar-refractivity contribution in [3.63, 3.8) is 0 Å². The van der Waals surface area contributed by atoms with Crippen LogP contribution < -0.4 is 20.1 Å². The number of hydrogen-bond acceptors (Lipinski definition) is 4. The van der Waals surface area contributed by atoms with Gasteiger partial charge in [0, 0.05) is 30.8 Å². The molecule has 0 heterocycles. The van der Waals surface area contributed by atoms with E-state index in [1.54, 1.807) is 12.1 Å². The molecule has 21 heavy (non-hydrogen) atoms. The highest BCUT2D eigenvalue weighted by Crippen LogP contribution is 2.37. The largest absolute Gasteiger partial charge is 0.495 e. The number of rotatable bonds is 7. The van der Waals surface area contributed by atoms with Crippen molar-refractivity contribution in [3.8, 4) is 11.5 Å². The van der Waals surface area contributed by atoms with Crippen LogP contribution in [0.25, 0.3) is 0 Å². The van der Waals surface area contributed by atoms with Crippen LogP contribution in [0.3, 0.4) is 0 Å². The lowest BCUT2D eigenvalue weighted by atomic mass is 10.2. The van der Waals surface area contributed by atoms with Crippen molar-refractivity contribution < 1.29 is 24.2 Å². The quantitative estimate of drug-likeness (QED) is 0.649. The van der Waals surface area contributed by atoms with Gasteiger partial charge >= 0.3 is 12.0 Å². The first-order chi connectivity index (χ1) is 9.97. The summed E-state index contributed by atoms with van der Waals surface area (Å²) in [5, 5.41) is 13.7. The number of benzene rings is 1. The van der Waals surface area contributed by atoms with Crippen LogP contribution in [0.1, 0.15) is 12.8 Å². The monoisotopic (exact) mass is 360 g/mol. The van der Waals surface area contributed by atoms with Crippen LogP contribution in [0.2, 0.25) is 0 Å². The maximum absolute atomic E-state index is 11.7. The Kier molecular flexibility index (Phi) is 6.80. The first-order valence-corrected chi connectivity index (χ1v) is 6.95. The minimum atomic E-state index is -0.889. The number of carboxylic acids is 1. The molecule has 0 fully saturated rings. The molecule has 3 N–H and O–H groups in total. The van der Waals surface area contributed by atoms with Gasteiger partial charge in [-0.3, -0.25) is 4.79 Å². The summed E-state index contributed by atoms with van der Waals surface area (Å²) in [4.78, 5) is 22.0. The van der Waals surface area contributed by atoms with Crippen molar-refractivity contribution in [2.24, 2.45) is 0 Å². The third kappa shape index (κ3) is 5.50. The number of methoxy groups -OCH3 is 2. The minimum Gasteiger partial charge on any atom is -0.495 e. The van der Waals surface area contributed by atoms with Crippen molar-refractivity contribution in [1.82, 2.24) is 5.32 Å². The summed E-state index contributed by atoms with van der Waals surface area (Å²) >= 11 is 3.33. The van der Waals surface area contributed by atoms with E-state index in [0.29, 0.717) is 28.1 Å². The lowest BCUT2D eigenvalue weighted by Crippen LogP contribution is -2.29. The smallest absolute Gasteiger partial charge is 0.319 e. The second-order valence-electron chi connectivity index (χ2n) is 4.07. The Hall–Kier alpha value is -1.96. The molecule has 0 radical (unpaired) electrons. The average molecular weight is 361 g/mol. The number of amides is 2. The molecule has 0 bridgehead atoms. The maximum Gasteiger partial charge on any atom is 0.319 e. The molecule has 0 unspecified atom stereocenters. The van der Waals surface area contributed by atoms with Crippen molar-refractivity contribution in [1.29, 1.82) is 0 Å². The molecule has 0 aliphatic rings. The van der Waals surface area contributed by atoms with Crippen molar-refractivity contribution in [3.05, 3.63) is 16.6 Å². The van der Waals surface area contributed by atoms with Gasteiger partial charge in [0.25, 0.3) is 0 Å². The van der Waals surface area contributed by atoms with Crippen molar-refractivity contribution >= 4 is 33.6 Å². The van der Waals surface area contributed by atoms with E-state index in [0.717, 1.165) is 0 Å². The highest BCUT2D eigenvalue weighted by molar-refractivity contribution is 9.10. The Balaban J connectivity index is 2.61. The lowest BCUT2D eigenvalue weighted by molar-refractivity contribution is -0.137. The van der Waals surface area contributed by atoms with E-state index in [2.05, 4.69) is 26.6 Å². The molecule has 7 nitrogen and oxygen atoms in total. The van der Waals surface area contributed by atoms with Crippen molar-refractivity contribution in [2.45, 2.75) is 12.8 Å². The number of nitrogens with one attached hydrogen (secondary N) is 2. The fourth-order valence-corrected chi connectivity index (χ4v) is 2.11. The molecule has 1 aromatic carbocycles. The first kappa shape index (κ1) is 17.1. The number of hydrogen-bond donors (Lipinski definition) is 3. The maximum atomic E-state index is 11.7. The summed E-state index contributed by atoms with van der Waals surface area (Å²) in [6.45, 7) is 0.281. The number of carbonyl (C=O) groups is 2. The molecule has 1 rings (SSSR count). The predicted molar refractivity (Wildman–Crippen MR) is 81.1 cm³/mol. The van der Waals surface area contributed by atoms with Gasteiger partial charge in [-0.2, -0.15) is 0 Å². The fourth-order valence-electron chi connectivity index (χ4n) is 1.56. The molecule has 0 aromatic heterocycles. The van der Waals surface area contributed by atoms with Gasteiger partial charge in [-0.05, 0) is 22.4 Å². The Morgan fingerprint density at radius 1 is 1.24 bits per heavy atom. The molecule has 0 aliphatic carbocycles. The van der Waals surface area contributed by atoms with E-state index in [9.17, 15) is 9.59 Å². The molecular formula is C13H17BrN2O5. The summed E-state index contributed by atoms with van der Waals surface area (Å²) in [6.07, 6.45) is 0.385. The molecule has 116 valence electrons. The van der Waals surface area contributed by atoms with Crippen LogP contribution in [0.15, 0.2) is 16.6 Å². The molecule has 0 spiro atoms. The summed E-state index contributed by atoms with van der Waals surface area (Å²) in [5.41, 5.74) is 0.502. The van der Waals surface area contributed by atoms with Gasteiger partial charge in [0.1, 0.15) is 16.0 Å². The van der Waals surface area contributed by atoms with Crippen LogP contribution in [0, 0.1) is 0 Å². The standard InChI is InChI=1S/C13H17BrN2O5/c1-20-9-6-8(7-10(21-2)12(9)14)16-13(19)15-5-3-4-11(17)18/h6-7H,3-5H2,1-2H3,(H,17,18)(H2,15,16,19). The number of ether oxygens (including phenoxy) is 2. The minimum absolute atomic E-state index is 0.0141. The molecule has 8 heteroatoms. The van der Waals surface area contributed by atoms with Gasteiger partial charge in [0.2, 0.25) is 0 Å². The molecule has 0 saturated carbocycles. The van der Waals surface area contributed by atoms with Gasteiger partial charge < -0.3 is 25.2 Å². The third-order valence-corrected chi connectivity index (χ3v) is 3.34. The van der Waals surface area contributed by atoms with E-state index < -0.39 is 12.0 Å². The fraction of sp³-hybridized carbons (Fsp3) is 0.385. The van der Waals surface area contributed by atoms with E-state index in [-0.39, 0.29) is 13.0 Å². The van der Waals surface area contributed by atoms with Gasteiger partial charge in [-0.15, -0.1) is 0 Å². The molecule has 2 amide bonds. The Bertz CT molecular complexity index is 496. The van der Waals surface area contributed by atoms with Crippen LogP contribution in [-0.2, 0) is 4.79 Å². The zero-order chi connectivity index (χ0) is 15.8. The zero-order valence-electron chi connectivity index (χ0n) is 11.7. The summed E-state index contributed by atoms with van der Waals surface area (Å²) in [6, 6.07) is 2.86. The molecule has 0 atom stereocenters. The summed E-state index contributed by atoms with van der Waals surface area (Å²) < 4.78 is 11.0. The number of urea groups is 1. The van der Waals surface area contributed by atoms with Crippen molar-refractivity contribution in [2.75, 3.05) is 26.1 Å². The molecule has 0 aliphatic heterocycles. The van der Waals surface area contributed by atoms with E-state index in [1.165, 1.54) is 14.2 Å². The number of halogens is 1. The highest BCUT2D eigenvalue weighted by Gasteiger charge is 2.11. The van der Waals surface area contributed by atoms with Crippen LogP contribution in [0.4, 0.5) is 10.5 Å². The molecule has 1 aromatic rings. The predicted octanol–water partition coefficient (Wildman–Crippen LogP) is 2.45. The Morgan fingerprint density at radius 3 is 2.29 bits per heavy atom. The number of anilines is 1. The highest BCUT2D eigenvalue weighted by atomic mass is 79.9. The summed E-state index contributed by atoms with van der Waals surface area (Å²) in [7, 11) is 3.02. The van der Waals surface area contributed by atoms with Crippen LogP contribution in [0.5, 0.6) is 11.5 Å². The Morgan fingerprint density at radius 2 is 1.81 bits per heavy atom. The Labute approximate surface area is 130 Å². The SMILES string of the molecule is COc1cc(NC(=O)NCCCC(=O)O)cc(OC)c1Br. The van der Waals surface area contributed by atoms with Crippen LogP contribution >= 0.6 is 15.9 Å². The second-order valence-corrected chi connectivity index (χ2v) is 4.87. The number of carbonyl (C=O) groups excluding carboxylic acids is 1.